The maximum absolute atomic E-state index is 11.3. The molecule has 0 aromatic rings. The molecule has 14 heavy (non-hydrogen) atoms. The van der Waals surface area contributed by atoms with Crippen LogP contribution < -0.4 is 10.6 Å². The Kier molecular flexibility index (Phi) is 3.92. The Hall–Kier alpha value is -1.06. The zero-order valence-electron chi connectivity index (χ0n) is 8.80. The molecule has 0 aromatic carbocycles. The molecule has 0 heterocycles. The topological polar surface area (TPSA) is 58.2 Å². The van der Waals surface area contributed by atoms with E-state index in [-0.39, 0.29) is 6.04 Å². The van der Waals surface area contributed by atoms with Crippen molar-refractivity contribution < 1.29 is 9.59 Å². The van der Waals surface area contributed by atoms with Gasteiger partial charge in [-0.05, 0) is 18.8 Å². The molecule has 0 radical (unpaired) electrons. The van der Waals surface area contributed by atoms with Crippen LogP contribution >= 0.6 is 0 Å². The lowest BCUT2D eigenvalue weighted by atomic mass is 9.86. The summed E-state index contributed by atoms with van der Waals surface area (Å²) in [5.74, 6) is -0.577. The van der Waals surface area contributed by atoms with E-state index in [4.69, 9.17) is 0 Å². The third-order valence-electron chi connectivity index (χ3n) is 2.86. The minimum absolute atomic E-state index is 0.175. The SMILES string of the molecule is CNC(=O)C(=O)N[C@@H]1CCCC[C@@H]1C. The predicted molar refractivity (Wildman–Crippen MR) is 53.6 cm³/mol. The van der Waals surface area contributed by atoms with E-state index in [2.05, 4.69) is 17.6 Å². The van der Waals surface area contributed by atoms with E-state index in [1.807, 2.05) is 0 Å². The minimum atomic E-state index is -0.553. The van der Waals surface area contributed by atoms with E-state index in [1.165, 1.54) is 13.5 Å². The Morgan fingerprint density at radius 3 is 2.36 bits per heavy atom. The molecule has 4 nitrogen and oxygen atoms in total. The summed E-state index contributed by atoms with van der Waals surface area (Å²) < 4.78 is 0. The third kappa shape index (κ3) is 2.72. The fourth-order valence-electron chi connectivity index (χ4n) is 1.88. The predicted octanol–water partition coefficient (Wildman–Crippen LogP) is 0.427. The second-order valence-corrected chi connectivity index (χ2v) is 3.92. The molecule has 1 aliphatic rings. The number of carbonyl (C=O) groups is 2. The molecular formula is C10H18N2O2. The second kappa shape index (κ2) is 4.98. The number of carbonyl (C=O) groups excluding carboxylic acids is 2. The van der Waals surface area contributed by atoms with Gasteiger partial charge in [0.05, 0.1) is 0 Å². The largest absolute Gasteiger partial charge is 0.351 e. The van der Waals surface area contributed by atoms with E-state index in [0.29, 0.717) is 5.92 Å². The number of nitrogens with one attached hydrogen (secondary N) is 2. The fraction of sp³-hybridized carbons (Fsp3) is 0.800. The van der Waals surface area contributed by atoms with Crippen molar-refractivity contribution in [1.82, 2.24) is 10.6 Å². The maximum Gasteiger partial charge on any atom is 0.309 e. The first-order chi connectivity index (χ1) is 6.65. The van der Waals surface area contributed by atoms with E-state index in [0.717, 1.165) is 19.3 Å². The summed E-state index contributed by atoms with van der Waals surface area (Å²) in [6.07, 6.45) is 4.50. The average molecular weight is 198 g/mol. The van der Waals surface area contributed by atoms with Gasteiger partial charge in [-0.3, -0.25) is 9.59 Å². The van der Waals surface area contributed by atoms with Crippen molar-refractivity contribution in [1.29, 1.82) is 0 Å². The molecule has 0 saturated heterocycles. The highest BCUT2D eigenvalue weighted by Crippen LogP contribution is 2.23. The van der Waals surface area contributed by atoms with Crippen LogP contribution in [0.2, 0.25) is 0 Å². The van der Waals surface area contributed by atoms with Crippen LogP contribution in [-0.2, 0) is 9.59 Å². The number of amides is 2. The molecule has 1 fully saturated rings. The first kappa shape index (κ1) is 11.0. The van der Waals surface area contributed by atoms with Gasteiger partial charge < -0.3 is 10.6 Å². The molecule has 0 aliphatic heterocycles. The number of rotatable bonds is 1. The van der Waals surface area contributed by atoms with Gasteiger partial charge in [0.1, 0.15) is 0 Å². The monoisotopic (exact) mass is 198 g/mol. The smallest absolute Gasteiger partial charge is 0.309 e. The van der Waals surface area contributed by atoms with E-state index in [9.17, 15) is 9.59 Å². The summed E-state index contributed by atoms with van der Waals surface area (Å²) in [5, 5.41) is 5.09. The van der Waals surface area contributed by atoms with Crippen LogP contribution in [0.5, 0.6) is 0 Å². The molecule has 2 amide bonds. The highest BCUT2D eigenvalue weighted by atomic mass is 16.2. The standard InChI is InChI=1S/C10H18N2O2/c1-7-5-3-4-6-8(7)12-10(14)9(13)11-2/h7-8H,3-6H2,1-2H3,(H,11,13)(H,12,14)/t7-,8+/m0/s1. The number of hydrogen-bond donors (Lipinski definition) is 2. The highest BCUT2D eigenvalue weighted by molar-refractivity contribution is 6.35. The van der Waals surface area contributed by atoms with Gasteiger partial charge >= 0.3 is 11.8 Å². The zero-order valence-corrected chi connectivity index (χ0v) is 8.80. The minimum Gasteiger partial charge on any atom is -0.351 e. The van der Waals surface area contributed by atoms with E-state index >= 15 is 0 Å². The van der Waals surface area contributed by atoms with Crippen LogP contribution in [0.3, 0.4) is 0 Å². The van der Waals surface area contributed by atoms with Gasteiger partial charge in [0.15, 0.2) is 0 Å². The number of likely N-dealkylation sites (N-methyl/N-ethyl adjacent to an activating group) is 1. The molecule has 4 heteroatoms. The summed E-state index contributed by atoms with van der Waals surface area (Å²) in [7, 11) is 1.46. The van der Waals surface area contributed by atoms with E-state index in [1.54, 1.807) is 0 Å². The molecule has 1 aliphatic carbocycles. The van der Waals surface area contributed by atoms with Gasteiger partial charge in [-0.15, -0.1) is 0 Å². The molecule has 0 unspecified atom stereocenters. The van der Waals surface area contributed by atoms with Crippen molar-refractivity contribution in [2.75, 3.05) is 7.05 Å². The Morgan fingerprint density at radius 1 is 1.14 bits per heavy atom. The Bertz CT molecular complexity index is 228. The van der Waals surface area contributed by atoms with Crippen molar-refractivity contribution in [2.45, 2.75) is 38.6 Å². The van der Waals surface area contributed by atoms with Crippen molar-refractivity contribution in [2.24, 2.45) is 5.92 Å². The molecular weight excluding hydrogens is 180 g/mol. The van der Waals surface area contributed by atoms with Crippen molar-refractivity contribution in [3.63, 3.8) is 0 Å². The van der Waals surface area contributed by atoms with Gasteiger partial charge in [-0.1, -0.05) is 19.8 Å². The lowest BCUT2D eigenvalue weighted by molar-refractivity contribution is -0.139. The first-order valence-corrected chi connectivity index (χ1v) is 5.17. The maximum atomic E-state index is 11.3. The molecule has 0 bridgehead atoms. The molecule has 0 aromatic heterocycles. The molecule has 1 saturated carbocycles. The lowest BCUT2D eigenvalue weighted by Crippen LogP contribution is -2.47. The Balaban J connectivity index is 2.42. The van der Waals surface area contributed by atoms with Gasteiger partial charge in [-0.2, -0.15) is 0 Å². The van der Waals surface area contributed by atoms with Crippen LogP contribution in [0, 0.1) is 5.92 Å². The van der Waals surface area contributed by atoms with Crippen LogP contribution in [0.15, 0.2) is 0 Å². The van der Waals surface area contributed by atoms with Crippen molar-refractivity contribution in [3.8, 4) is 0 Å². The van der Waals surface area contributed by atoms with Gasteiger partial charge in [-0.25, -0.2) is 0 Å². The molecule has 2 atom stereocenters. The van der Waals surface area contributed by atoms with Crippen LogP contribution in [-0.4, -0.2) is 24.9 Å². The van der Waals surface area contributed by atoms with Gasteiger partial charge in [0.25, 0.3) is 0 Å². The Morgan fingerprint density at radius 2 is 1.79 bits per heavy atom. The quantitative estimate of drug-likeness (QED) is 0.600. The summed E-state index contributed by atoms with van der Waals surface area (Å²) in [4.78, 5) is 22.2. The summed E-state index contributed by atoms with van der Waals surface area (Å²) in [5.41, 5.74) is 0. The van der Waals surface area contributed by atoms with Gasteiger partial charge in [0.2, 0.25) is 0 Å². The molecule has 2 N–H and O–H groups in total. The first-order valence-electron chi connectivity index (χ1n) is 5.17. The van der Waals surface area contributed by atoms with Gasteiger partial charge in [0, 0.05) is 13.1 Å². The summed E-state index contributed by atoms with van der Waals surface area (Å²) in [6.45, 7) is 2.12. The normalized spacial score (nSPS) is 26.7. The van der Waals surface area contributed by atoms with Crippen LogP contribution in [0.4, 0.5) is 0 Å². The third-order valence-corrected chi connectivity index (χ3v) is 2.86. The van der Waals surface area contributed by atoms with E-state index < -0.39 is 11.8 Å². The average Bonchev–Trinajstić information content (AvgIpc) is 2.20. The fourth-order valence-corrected chi connectivity index (χ4v) is 1.88. The molecule has 1 rings (SSSR count). The molecule has 80 valence electrons. The second-order valence-electron chi connectivity index (χ2n) is 3.92. The lowest BCUT2D eigenvalue weighted by Gasteiger charge is -2.29. The summed E-state index contributed by atoms with van der Waals surface area (Å²) >= 11 is 0. The zero-order chi connectivity index (χ0) is 10.6. The Labute approximate surface area is 84.4 Å². The van der Waals surface area contributed by atoms with Crippen molar-refractivity contribution >= 4 is 11.8 Å². The van der Waals surface area contributed by atoms with Crippen molar-refractivity contribution in [3.05, 3.63) is 0 Å². The highest BCUT2D eigenvalue weighted by Gasteiger charge is 2.24. The van der Waals surface area contributed by atoms with Crippen LogP contribution in [0.25, 0.3) is 0 Å². The van der Waals surface area contributed by atoms with Crippen LogP contribution in [0.1, 0.15) is 32.6 Å². The molecule has 0 spiro atoms. The summed E-state index contributed by atoms with van der Waals surface area (Å²) in [6, 6.07) is 0.175. The number of hydrogen-bond acceptors (Lipinski definition) is 2.